The number of likely N-dealkylation sites (tertiary alicyclic amines) is 1. The van der Waals surface area contributed by atoms with Crippen LogP contribution in [-0.2, 0) is 9.47 Å². The zero-order valence-corrected chi connectivity index (χ0v) is 15.5. The summed E-state index contributed by atoms with van der Waals surface area (Å²) in [6.07, 6.45) is 1.92. The molecule has 27 heavy (non-hydrogen) atoms. The van der Waals surface area contributed by atoms with Crippen LogP contribution in [0, 0.1) is 0 Å². The summed E-state index contributed by atoms with van der Waals surface area (Å²) in [6.45, 7) is 2.21. The molecule has 5 atom stereocenters. The quantitative estimate of drug-likeness (QED) is 0.729. The second kappa shape index (κ2) is 8.02. The van der Waals surface area contributed by atoms with Gasteiger partial charge in [0, 0.05) is 5.69 Å². The lowest BCUT2D eigenvalue weighted by Gasteiger charge is -2.45. The second-order valence-electron chi connectivity index (χ2n) is 7.31. The number of ether oxygens (including phenoxy) is 3. The molecule has 3 aliphatic heterocycles. The van der Waals surface area contributed by atoms with E-state index in [2.05, 4.69) is 15.5 Å². The predicted molar refractivity (Wildman–Crippen MR) is 98.8 cm³/mol. The third-order valence-electron chi connectivity index (χ3n) is 5.59. The molecule has 5 unspecified atom stereocenters. The largest absolute Gasteiger partial charge is 0.497 e. The number of aliphatic hydroxyl groups excluding tert-OH is 1. The van der Waals surface area contributed by atoms with E-state index in [9.17, 15) is 9.90 Å². The molecule has 3 N–H and O–H groups in total. The number of anilines is 1. The van der Waals surface area contributed by atoms with Gasteiger partial charge in [0.25, 0.3) is 0 Å². The summed E-state index contributed by atoms with van der Waals surface area (Å²) in [5.74, 6) is 0.718. The van der Waals surface area contributed by atoms with E-state index in [0.717, 1.165) is 31.7 Å². The van der Waals surface area contributed by atoms with Gasteiger partial charge < -0.3 is 30.0 Å². The standard InChI is InChI=1S/C19H27N3O5/c1-25-13-7-5-12(6-8-13)20-19(24)21-15-14-11-26-18(27-14)16(17(15)23)22-9-3-2-4-10-22/h5-8,14-18,23H,2-4,9-11H2,1H3,(H2,20,21,24). The SMILES string of the molecule is COc1ccc(NC(=O)NC2C3COC(O3)C(N3CCCCC3)C2O)cc1. The van der Waals surface area contributed by atoms with E-state index in [1.54, 1.807) is 31.4 Å². The summed E-state index contributed by atoms with van der Waals surface area (Å²) in [7, 11) is 1.59. The lowest BCUT2D eigenvalue weighted by Crippen LogP contribution is -2.66. The number of piperidine rings is 1. The number of carbonyl (C=O) groups excluding carboxylic acids is 1. The number of fused-ring (bicyclic) bond motifs is 2. The maximum absolute atomic E-state index is 12.5. The van der Waals surface area contributed by atoms with Gasteiger partial charge in [-0.1, -0.05) is 6.42 Å². The Labute approximate surface area is 158 Å². The molecule has 0 aromatic heterocycles. The number of hydrogen-bond donors (Lipinski definition) is 3. The number of carbonyl (C=O) groups is 1. The summed E-state index contributed by atoms with van der Waals surface area (Å²) in [5, 5.41) is 16.7. The maximum Gasteiger partial charge on any atom is 0.319 e. The number of amides is 2. The first kappa shape index (κ1) is 18.5. The van der Waals surface area contributed by atoms with Crippen molar-refractivity contribution in [3.8, 4) is 5.75 Å². The van der Waals surface area contributed by atoms with Gasteiger partial charge in [-0.2, -0.15) is 0 Å². The van der Waals surface area contributed by atoms with Crippen LogP contribution in [0.5, 0.6) is 5.75 Å². The van der Waals surface area contributed by atoms with E-state index < -0.39 is 18.4 Å². The van der Waals surface area contributed by atoms with Crippen LogP contribution in [0.25, 0.3) is 0 Å². The molecule has 2 amide bonds. The molecule has 4 rings (SSSR count). The molecule has 3 fully saturated rings. The average Bonchev–Trinajstić information content (AvgIpc) is 3.12. The molecule has 1 aromatic carbocycles. The molecule has 0 radical (unpaired) electrons. The molecule has 0 aliphatic carbocycles. The zero-order chi connectivity index (χ0) is 18.8. The van der Waals surface area contributed by atoms with Crippen LogP contribution >= 0.6 is 0 Å². The van der Waals surface area contributed by atoms with Gasteiger partial charge >= 0.3 is 6.03 Å². The van der Waals surface area contributed by atoms with Crippen molar-refractivity contribution in [2.75, 3.05) is 32.1 Å². The van der Waals surface area contributed by atoms with Crippen molar-refractivity contribution in [1.29, 1.82) is 0 Å². The Bertz CT molecular complexity index is 649. The molecule has 3 aliphatic rings. The zero-order valence-electron chi connectivity index (χ0n) is 15.5. The van der Waals surface area contributed by atoms with Crippen LogP contribution in [-0.4, -0.2) is 73.4 Å². The highest BCUT2D eigenvalue weighted by Gasteiger charge is 2.52. The number of rotatable bonds is 4. The highest BCUT2D eigenvalue weighted by Crippen LogP contribution is 2.32. The fourth-order valence-electron chi connectivity index (χ4n) is 4.18. The van der Waals surface area contributed by atoms with Gasteiger partial charge in [-0.15, -0.1) is 0 Å². The van der Waals surface area contributed by atoms with Crippen molar-refractivity contribution < 1.29 is 24.1 Å². The highest BCUT2D eigenvalue weighted by atomic mass is 16.7. The number of hydrogen-bond acceptors (Lipinski definition) is 6. The second-order valence-corrected chi connectivity index (χ2v) is 7.31. The van der Waals surface area contributed by atoms with Crippen molar-refractivity contribution in [2.45, 2.75) is 49.8 Å². The topological polar surface area (TPSA) is 92.3 Å². The summed E-state index contributed by atoms with van der Waals surface area (Å²) in [4.78, 5) is 14.7. The fraction of sp³-hybridized carbons (Fsp3) is 0.632. The van der Waals surface area contributed by atoms with Gasteiger partial charge in [-0.25, -0.2) is 4.79 Å². The summed E-state index contributed by atoms with van der Waals surface area (Å²) >= 11 is 0. The summed E-state index contributed by atoms with van der Waals surface area (Å²) in [6, 6.07) is 5.92. The minimum absolute atomic E-state index is 0.254. The first-order chi connectivity index (χ1) is 13.2. The Morgan fingerprint density at radius 1 is 1.22 bits per heavy atom. The molecule has 0 spiro atoms. The fourth-order valence-corrected chi connectivity index (χ4v) is 4.18. The van der Waals surface area contributed by atoms with Crippen LogP contribution in [0.3, 0.4) is 0 Å². The first-order valence-electron chi connectivity index (χ1n) is 9.56. The maximum atomic E-state index is 12.5. The number of urea groups is 1. The highest BCUT2D eigenvalue weighted by molar-refractivity contribution is 5.89. The van der Waals surface area contributed by atoms with Crippen molar-refractivity contribution in [3.63, 3.8) is 0 Å². The number of aliphatic hydroxyl groups is 1. The third kappa shape index (κ3) is 3.89. The molecule has 3 heterocycles. The molecule has 8 nitrogen and oxygen atoms in total. The smallest absolute Gasteiger partial charge is 0.319 e. The summed E-state index contributed by atoms with van der Waals surface area (Å²) < 4.78 is 16.8. The molecule has 0 saturated carbocycles. The number of benzene rings is 1. The average molecular weight is 377 g/mol. The van der Waals surface area contributed by atoms with Crippen molar-refractivity contribution >= 4 is 11.7 Å². The minimum Gasteiger partial charge on any atom is -0.497 e. The van der Waals surface area contributed by atoms with E-state index in [1.165, 1.54) is 6.42 Å². The minimum atomic E-state index is -0.740. The van der Waals surface area contributed by atoms with Crippen LogP contribution in [0.1, 0.15) is 19.3 Å². The van der Waals surface area contributed by atoms with Gasteiger partial charge in [-0.05, 0) is 50.2 Å². The molecule has 1 aromatic rings. The molecule has 8 heteroatoms. The monoisotopic (exact) mass is 377 g/mol. The van der Waals surface area contributed by atoms with Gasteiger partial charge in [0.15, 0.2) is 6.29 Å². The Morgan fingerprint density at radius 2 is 1.96 bits per heavy atom. The van der Waals surface area contributed by atoms with Crippen molar-refractivity contribution in [1.82, 2.24) is 10.2 Å². The van der Waals surface area contributed by atoms with Crippen LogP contribution in [0.4, 0.5) is 10.5 Å². The normalized spacial score (nSPS) is 33.5. The Hall–Kier alpha value is -1.87. The number of nitrogens with zero attached hydrogens (tertiary/aromatic N) is 1. The van der Waals surface area contributed by atoms with Crippen LogP contribution < -0.4 is 15.4 Å². The van der Waals surface area contributed by atoms with Gasteiger partial charge in [0.05, 0.1) is 31.9 Å². The van der Waals surface area contributed by atoms with Crippen molar-refractivity contribution in [2.24, 2.45) is 0 Å². The third-order valence-corrected chi connectivity index (χ3v) is 5.59. The van der Waals surface area contributed by atoms with Gasteiger partial charge in [0.2, 0.25) is 0 Å². The van der Waals surface area contributed by atoms with Crippen LogP contribution in [0.15, 0.2) is 24.3 Å². The first-order valence-corrected chi connectivity index (χ1v) is 9.56. The van der Waals surface area contributed by atoms with E-state index in [1.807, 2.05) is 0 Å². The predicted octanol–water partition coefficient (Wildman–Crippen LogP) is 1.16. The van der Waals surface area contributed by atoms with E-state index >= 15 is 0 Å². The molecule has 2 bridgehead atoms. The van der Waals surface area contributed by atoms with E-state index in [0.29, 0.717) is 12.3 Å². The van der Waals surface area contributed by atoms with E-state index in [4.69, 9.17) is 14.2 Å². The van der Waals surface area contributed by atoms with Crippen molar-refractivity contribution in [3.05, 3.63) is 24.3 Å². The summed E-state index contributed by atoms with van der Waals surface area (Å²) in [5.41, 5.74) is 0.646. The Balaban J connectivity index is 1.41. The molecule has 148 valence electrons. The van der Waals surface area contributed by atoms with E-state index in [-0.39, 0.29) is 18.2 Å². The van der Waals surface area contributed by atoms with Gasteiger partial charge in [0.1, 0.15) is 11.9 Å². The molecular formula is C19H27N3O5. The molecule has 3 saturated heterocycles. The van der Waals surface area contributed by atoms with Crippen LogP contribution in [0.2, 0.25) is 0 Å². The lowest BCUT2D eigenvalue weighted by molar-refractivity contribution is -0.183. The molecular weight excluding hydrogens is 350 g/mol. The Morgan fingerprint density at radius 3 is 2.67 bits per heavy atom. The number of nitrogens with one attached hydrogen (secondary N) is 2. The Kier molecular flexibility index (Phi) is 5.49. The lowest BCUT2D eigenvalue weighted by atomic mass is 9.93. The van der Waals surface area contributed by atoms with Gasteiger partial charge in [-0.3, -0.25) is 4.90 Å². The number of methoxy groups -OCH3 is 1.